The molecule has 24 heavy (non-hydrogen) atoms. The van der Waals surface area contributed by atoms with Gasteiger partial charge in [0, 0.05) is 44.1 Å². The van der Waals surface area contributed by atoms with Gasteiger partial charge in [-0.1, -0.05) is 24.3 Å². The zero-order valence-electron chi connectivity index (χ0n) is 13.7. The maximum absolute atomic E-state index is 12.5. The zero-order valence-corrected chi connectivity index (χ0v) is 13.7. The van der Waals surface area contributed by atoms with Crippen LogP contribution in [0.2, 0.25) is 0 Å². The smallest absolute Gasteiger partial charge is 0.274 e. The first-order valence-corrected chi connectivity index (χ1v) is 8.31. The maximum atomic E-state index is 12.5. The summed E-state index contributed by atoms with van der Waals surface area (Å²) in [6.45, 7) is 1.59. The van der Waals surface area contributed by atoms with E-state index in [-0.39, 0.29) is 5.91 Å². The van der Waals surface area contributed by atoms with Crippen LogP contribution < -0.4 is 0 Å². The van der Waals surface area contributed by atoms with Gasteiger partial charge in [0.2, 0.25) is 0 Å². The fourth-order valence-corrected chi connectivity index (χ4v) is 3.53. The van der Waals surface area contributed by atoms with E-state index in [9.17, 15) is 4.79 Å². The van der Waals surface area contributed by atoms with Crippen LogP contribution in [0.4, 0.5) is 0 Å². The number of carbonyl (C=O) groups is 1. The Hall–Kier alpha value is -2.69. The summed E-state index contributed by atoms with van der Waals surface area (Å²) in [5.74, 6) is 0.513. The molecule has 3 aromatic rings. The van der Waals surface area contributed by atoms with Crippen LogP contribution in [0.25, 0.3) is 10.8 Å². The van der Waals surface area contributed by atoms with Crippen molar-refractivity contribution in [3.05, 3.63) is 60.2 Å². The Kier molecular flexibility index (Phi) is 3.76. The molecule has 2 aromatic heterocycles. The van der Waals surface area contributed by atoms with E-state index in [0.29, 0.717) is 11.6 Å². The van der Waals surface area contributed by atoms with Crippen molar-refractivity contribution in [3.8, 4) is 0 Å². The third-order valence-electron chi connectivity index (χ3n) is 4.77. The molecule has 122 valence electrons. The molecule has 5 heteroatoms. The van der Waals surface area contributed by atoms with E-state index in [1.54, 1.807) is 10.7 Å². The van der Waals surface area contributed by atoms with E-state index in [4.69, 9.17) is 0 Å². The zero-order chi connectivity index (χ0) is 16.5. The van der Waals surface area contributed by atoms with E-state index in [2.05, 4.69) is 28.3 Å². The summed E-state index contributed by atoms with van der Waals surface area (Å²) < 4.78 is 1.67. The largest absolute Gasteiger partial charge is 0.337 e. The van der Waals surface area contributed by atoms with Crippen molar-refractivity contribution in [2.24, 2.45) is 13.0 Å². The van der Waals surface area contributed by atoms with Crippen LogP contribution in [0, 0.1) is 5.92 Å². The molecule has 1 aromatic carbocycles. The van der Waals surface area contributed by atoms with Crippen LogP contribution in [0.3, 0.4) is 0 Å². The summed E-state index contributed by atoms with van der Waals surface area (Å²) in [6.07, 6.45) is 7.67. The molecule has 5 nitrogen and oxygen atoms in total. The summed E-state index contributed by atoms with van der Waals surface area (Å²) in [4.78, 5) is 18.8. The molecule has 0 saturated carbocycles. The van der Waals surface area contributed by atoms with Crippen molar-refractivity contribution in [1.29, 1.82) is 0 Å². The summed E-state index contributed by atoms with van der Waals surface area (Å²) in [5.41, 5.74) is 1.80. The molecule has 1 aliphatic heterocycles. The number of hydrogen-bond acceptors (Lipinski definition) is 3. The lowest BCUT2D eigenvalue weighted by molar-refractivity contribution is 0.0780. The number of carbonyl (C=O) groups excluding carboxylic acids is 1. The number of nitrogens with zero attached hydrogens (tertiary/aromatic N) is 4. The van der Waals surface area contributed by atoms with E-state index in [1.165, 1.54) is 16.3 Å². The third-order valence-corrected chi connectivity index (χ3v) is 4.77. The van der Waals surface area contributed by atoms with Gasteiger partial charge in [0.15, 0.2) is 0 Å². The van der Waals surface area contributed by atoms with E-state index < -0.39 is 0 Å². The van der Waals surface area contributed by atoms with Crippen LogP contribution in [0.15, 0.2) is 48.9 Å². The van der Waals surface area contributed by atoms with Crippen molar-refractivity contribution >= 4 is 16.7 Å². The number of aromatic nitrogens is 3. The van der Waals surface area contributed by atoms with Gasteiger partial charge in [0.1, 0.15) is 5.69 Å². The lowest BCUT2D eigenvalue weighted by atomic mass is 9.96. The Bertz CT molecular complexity index is 880. The summed E-state index contributed by atoms with van der Waals surface area (Å²) >= 11 is 0. The van der Waals surface area contributed by atoms with Gasteiger partial charge < -0.3 is 4.90 Å². The summed E-state index contributed by atoms with van der Waals surface area (Å²) in [5, 5.41) is 6.66. The Balaban J connectivity index is 1.48. The second kappa shape index (κ2) is 6.07. The summed E-state index contributed by atoms with van der Waals surface area (Å²) in [7, 11) is 1.83. The van der Waals surface area contributed by atoms with E-state index >= 15 is 0 Å². The fraction of sp³-hybridized carbons (Fsp3) is 0.316. The molecule has 0 bridgehead atoms. The first-order chi connectivity index (χ1) is 11.7. The number of rotatable bonds is 3. The number of pyridine rings is 1. The van der Waals surface area contributed by atoms with Crippen molar-refractivity contribution in [2.45, 2.75) is 12.8 Å². The number of aryl methyl sites for hydroxylation is 1. The number of hydrogen-bond donors (Lipinski definition) is 0. The fourth-order valence-electron chi connectivity index (χ4n) is 3.53. The van der Waals surface area contributed by atoms with Gasteiger partial charge in [-0.3, -0.25) is 14.5 Å². The molecule has 1 unspecified atom stereocenters. The minimum absolute atomic E-state index is 0.0362. The normalized spacial score (nSPS) is 17.5. The maximum Gasteiger partial charge on any atom is 0.274 e. The predicted molar refractivity (Wildman–Crippen MR) is 92.7 cm³/mol. The molecule has 3 heterocycles. The topological polar surface area (TPSA) is 51.0 Å². The quantitative estimate of drug-likeness (QED) is 0.745. The van der Waals surface area contributed by atoms with Crippen LogP contribution in [0.1, 0.15) is 22.5 Å². The van der Waals surface area contributed by atoms with Gasteiger partial charge in [-0.15, -0.1) is 0 Å². The molecule has 0 radical (unpaired) electrons. The molecule has 1 atom stereocenters. The highest BCUT2D eigenvalue weighted by Gasteiger charge is 2.28. The Morgan fingerprint density at radius 3 is 2.96 bits per heavy atom. The van der Waals surface area contributed by atoms with Crippen LogP contribution in [0.5, 0.6) is 0 Å². The highest BCUT2D eigenvalue weighted by atomic mass is 16.2. The minimum Gasteiger partial charge on any atom is -0.337 e. The van der Waals surface area contributed by atoms with Gasteiger partial charge in [-0.05, 0) is 35.8 Å². The molecule has 0 spiro atoms. The van der Waals surface area contributed by atoms with Gasteiger partial charge in [-0.25, -0.2) is 0 Å². The second-order valence-corrected chi connectivity index (χ2v) is 6.50. The van der Waals surface area contributed by atoms with Crippen molar-refractivity contribution in [3.63, 3.8) is 0 Å². The Morgan fingerprint density at radius 2 is 2.12 bits per heavy atom. The average molecular weight is 320 g/mol. The molecule has 1 fully saturated rings. The molecule has 0 N–H and O–H groups in total. The standard InChI is InChI=1S/C19H20N4O/c1-22-8-7-18(21-22)19(24)23-9-6-14(13-23)10-16-12-20-11-15-4-2-3-5-17(15)16/h2-5,7-8,11-12,14H,6,9-10,13H2,1H3. The van der Waals surface area contributed by atoms with Crippen molar-refractivity contribution in [2.75, 3.05) is 13.1 Å². The van der Waals surface area contributed by atoms with Crippen LogP contribution in [-0.4, -0.2) is 38.7 Å². The SMILES string of the molecule is Cn1ccc(C(=O)N2CCC(Cc3cncc4ccccc34)C2)n1. The monoisotopic (exact) mass is 320 g/mol. The number of amides is 1. The minimum atomic E-state index is 0.0362. The molecule has 1 saturated heterocycles. The van der Waals surface area contributed by atoms with E-state index in [0.717, 1.165) is 25.9 Å². The highest BCUT2D eigenvalue weighted by Crippen LogP contribution is 2.25. The van der Waals surface area contributed by atoms with Crippen molar-refractivity contribution < 1.29 is 4.79 Å². The Labute approximate surface area is 140 Å². The second-order valence-electron chi connectivity index (χ2n) is 6.50. The first kappa shape index (κ1) is 14.9. The predicted octanol–water partition coefficient (Wildman–Crippen LogP) is 2.67. The van der Waals surface area contributed by atoms with Gasteiger partial charge >= 0.3 is 0 Å². The Morgan fingerprint density at radius 1 is 1.25 bits per heavy atom. The molecule has 4 rings (SSSR count). The first-order valence-electron chi connectivity index (χ1n) is 8.31. The number of benzene rings is 1. The summed E-state index contributed by atoms with van der Waals surface area (Å²) in [6, 6.07) is 10.1. The third kappa shape index (κ3) is 2.77. The van der Waals surface area contributed by atoms with E-state index in [1.807, 2.05) is 36.6 Å². The molecular formula is C19H20N4O. The number of likely N-dealkylation sites (tertiary alicyclic amines) is 1. The lowest BCUT2D eigenvalue weighted by Gasteiger charge is -2.15. The van der Waals surface area contributed by atoms with Gasteiger partial charge in [0.05, 0.1) is 0 Å². The molecular weight excluding hydrogens is 300 g/mol. The van der Waals surface area contributed by atoms with Crippen LogP contribution in [-0.2, 0) is 13.5 Å². The van der Waals surface area contributed by atoms with Crippen LogP contribution >= 0.6 is 0 Å². The number of fused-ring (bicyclic) bond motifs is 1. The highest BCUT2D eigenvalue weighted by molar-refractivity contribution is 5.92. The van der Waals surface area contributed by atoms with Gasteiger partial charge in [0.25, 0.3) is 5.91 Å². The molecule has 0 aliphatic carbocycles. The average Bonchev–Trinajstić information content (AvgIpc) is 3.24. The van der Waals surface area contributed by atoms with Crippen molar-refractivity contribution in [1.82, 2.24) is 19.7 Å². The molecule has 1 aliphatic rings. The van der Waals surface area contributed by atoms with Gasteiger partial charge in [-0.2, -0.15) is 5.10 Å². The molecule has 1 amide bonds. The lowest BCUT2D eigenvalue weighted by Crippen LogP contribution is -2.29.